The van der Waals surface area contributed by atoms with Crippen LogP contribution in [-0.4, -0.2) is 27.6 Å². The first-order valence-corrected chi connectivity index (χ1v) is 6.20. The number of fused-ring (bicyclic) bond motifs is 1. The third-order valence-electron chi connectivity index (χ3n) is 3.19. The number of aromatic hydroxyl groups is 1. The minimum Gasteiger partial charge on any atom is -0.506 e. The molecule has 3 N–H and O–H groups in total. The average molecular weight is 291 g/mol. The zero-order valence-corrected chi connectivity index (χ0v) is 11.5. The molecule has 0 unspecified atom stereocenters. The van der Waals surface area contributed by atoms with Crippen molar-refractivity contribution >= 4 is 22.6 Å². The molecule has 2 aromatic carbocycles. The van der Waals surface area contributed by atoms with Gasteiger partial charge in [-0.3, -0.25) is 4.79 Å². The highest BCUT2D eigenvalue weighted by molar-refractivity contribution is 6.05. The monoisotopic (exact) mass is 291 g/mol. The molecule has 0 saturated heterocycles. The van der Waals surface area contributed by atoms with Gasteiger partial charge in [0.05, 0.1) is 5.56 Å². The van der Waals surface area contributed by atoms with E-state index in [0.29, 0.717) is 0 Å². The number of phenols is 1. The molecular weight excluding hydrogens is 277 g/mol. The molecule has 6 heteroatoms. The highest BCUT2D eigenvalue weighted by Crippen LogP contribution is 2.30. The van der Waals surface area contributed by atoms with Crippen molar-refractivity contribution in [3.8, 4) is 5.75 Å². The molecule has 0 aliphatic heterocycles. The Balaban J connectivity index is 2.46. The Labute approximate surface area is 120 Å². The first-order valence-electron chi connectivity index (χ1n) is 6.20. The predicted octanol–water partition coefficient (Wildman–Crippen LogP) is 2.28. The lowest BCUT2D eigenvalue weighted by molar-refractivity contribution is -0.143. The molecule has 0 radical (unpaired) electrons. The number of amides is 1. The van der Waals surface area contributed by atoms with Crippen LogP contribution in [0.1, 0.15) is 24.2 Å². The van der Waals surface area contributed by atoms with Gasteiger partial charge in [0, 0.05) is 10.8 Å². The maximum atomic E-state index is 13.6. The van der Waals surface area contributed by atoms with Gasteiger partial charge in [-0.1, -0.05) is 18.2 Å². The molecule has 0 atom stereocenters. The van der Waals surface area contributed by atoms with E-state index in [2.05, 4.69) is 5.32 Å². The topological polar surface area (TPSA) is 86.6 Å². The van der Waals surface area contributed by atoms with Crippen LogP contribution in [0, 0.1) is 5.82 Å². The summed E-state index contributed by atoms with van der Waals surface area (Å²) in [7, 11) is 0. The van der Waals surface area contributed by atoms with E-state index in [1.54, 1.807) is 0 Å². The summed E-state index contributed by atoms with van der Waals surface area (Å²) in [6.45, 7) is 2.65. The number of carboxylic acid groups (broad SMARTS) is 1. The Hall–Kier alpha value is -2.63. The number of benzene rings is 2. The number of carbonyl (C=O) groups is 2. The summed E-state index contributed by atoms with van der Waals surface area (Å²) in [5, 5.41) is 21.8. The number of phenolic OH excluding ortho intramolecular Hbond substituents is 1. The van der Waals surface area contributed by atoms with E-state index in [-0.39, 0.29) is 22.1 Å². The molecule has 110 valence electrons. The molecule has 0 aliphatic carbocycles. The van der Waals surface area contributed by atoms with Crippen LogP contribution in [0.4, 0.5) is 4.39 Å². The standard InChI is InChI=1S/C15H14FNO4/c1-15(2,14(20)21)17-13(19)10-7-6-8-9(12(10)18)4-3-5-11(8)16/h3-7,18H,1-2H3,(H,17,19)(H,20,21). The molecule has 0 heterocycles. The van der Waals surface area contributed by atoms with Gasteiger partial charge in [0.2, 0.25) is 0 Å². The molecule has 0 fully saturated rings. The predicted molar refractivity (Wildman–Crippen MR) is 74.8 cm³/mol. The van der Waals surface area contributed by atoms with Crippen molar-refractivity contribution < 1.29 is 24.2 Å². The molecular formula is C15H14FNO4. The van der Waals surface area contributed by atoms with Crippen LogP contribution in [0.2, 0.25) is 0 Å². The van der Waals surface area contributed by atoms with E-state index < -0.39 is 23.2 Å². The van der Waals surface area contributed by atoms with Gasteiger partial charge in [0.1, 0.15) is 17.1 Å². The third-order valence-corrected chi connectivity index (χ3v) is 3.19. The lowest BCUT2D eigenvalue weighted by Gasteiger charge is -2.21. The van der Waals surface area contributed by atoms with Crippen LogP contribution in [0.5, 0.6) is 5.75 Å². The molecule has 0 saturated carbocycles. The van der Waals surface area contributed by atoms with Crippen LogP contribution in [0.25, 0.3) is 10.8 Å². The van der Waals surface area contributed by atoms with Crippen molar-refractivity contribution in [3.05, 3.63) is 41.7 Å². The molecule has 0 aromatic heterocycles. The van der Waals surface area contributed by atoms with E-state index in [9.17, 15) is 19.1 Å². The van der Waals surface area contributed by atoms with Crippen molar-refractivity contribution in [3.63, 3.8) is 0 Å². The molecule has 2 aromatic rings. The normalized spacial score (nSPS) is 11.4. The fourth-order valence-corrected chi connectivity index (χ4v) is 1.89. The smallest absolute Gasteiger partial charge is 0.328 e. The Bertz CT molecular complexity index is 740. The van der Waals surface area contributed by atoms with Gasteiger partial charge in [0.25, 0.3) is 5.91 Å². The lowest BCUT2D eigenvalue weighted by atomic mass is 10.0. The summed E-state index contributed by atoms with van der Waals surface area (Å²) in [5.74, 6) is -2.85. The minimum absolute atomic E-state index is 0.109. The van der Waals surface area contributed by atoms with Crippen LogP contribution in [0.3, 0.4) is 0 Å². The van der Waals surface area contributed by atoms with E-state index in [0.717, 1.165) is 0 Å². The molecule has 0 aliphatic rings. The van der Waals surface area contributed by atoms with Gasteiger partial charge in [-0.15, -0.1) is 0 Å². The Kier molecular flexibility index (Phi) is 3.55. The number of halogens is 1. The van der Waals surface area contributed by atoms with Crippen LogP contribution in [-0.2, 0) is 4.79 Å². The molecule has 0 spiro atoms. The second kappa shape index (κ2) is 5.05. The second-order valence-electron chi connectivity index (χ2n) is 5.18. The van der Waals surface area contributed by atoms with Gasteiger partial charge in [-0.25, -0.2) is 9.18 Å². The van der Waals surface area contributed by atoms with Crippen LogP contribution < -0.4 is 5.32 Å². The van der Waals surface area contributed by atoms with Crippen molar-refractivity contribution in [1.82, 2.24) is 5.32 Å². The van der Waals surface area contributed by atoms with Gasteiger partial charge in [-0.2, -0.15) is 0 Å². The highest BCUT2D eigenvalue weighted by atomic mass is 19.1. The average Bonchev–Trinajstić information content (AvgIpc) is 2.39. The summed E-state index contributed by atoms with van der Waals surface area (Å²) < 4.78 is 13.6. The van der Waals surface area contributed by atoms with E-state index in [4.69, 9.17) is 5.11 Å². The highest BCUT2D eigenvalue weighted by Gasteiger charge is 2.30. The molecule has 5 nitrogen and oxygen atoms in total. The number of carboxylic acids is 1. The summed E-state index contributed by atoms with van der Waals surface area (Å²) in [4.78, 5) is 23.1. The molecule has 2 rings (SSSR count). The van der Waals surface area contributed by atoms with Gasteiger partial charge < -0.3 is 15.5 Å². The number of hydrogen-bond donors (Lipinski definition) is 3. The zero-order chi connectivity index (χ0) is 15.8. The number of carbonyl (C=O) groups excluding carboxylic acids is 1. The Morgan fingerprint density at radius 2 is 1.81 bits per heavy atom. The zero-order valence-electron chi connectivity index (χ0n) is 11.5. The third kappa shape index (κ3) is 2.65. The number of nitrogens with one attached hydrogen (secondary N) is 1. The largest absolute Gasteiger partial charge is 0.506 e. The van der Waals surface area contributed by atoms with Gasteiger partial charge in [0.15, 0.2) is 0 Å². The SMILES string of the molecule is CC(C)(NC(=O)c1ccc2c(F)cccc2c1O)C(=O)O. The number of hydrogen-bond acceptors (Lipinski definition) is 3. The maximum absolute atomic E-state index is 13.6. The molecule has 0 bridgehead atoms. The number of aliphatic carboxylic acids is 1. The second-order valence-corrected chi connectivity index (χ2v) is 5.18. The summed E-state index contributed by atoms with van der Waals surface area (Å²) in [6, 6.07) is 6.77. The lowest BCUT2D eigenvalue weighted by Crippen LogP contribution is -2.49. The number of rotatable bonds is 3. The van der Waals surface area contributed by atoms with Gasteiger partial charge in [-0.05, 0) is 26.0 Å². The van der Waals surface area contributed by atoms with Crippen LogP contribution >= 0.6 is 0 Å². The maximum Gasteiger partial charge on any atom is 0.328 e. The van der Waals surface area contributed by atoms with Crippen LogP contribution in [0.15, 0.2) is 30.3 Å². The fraction of sp³-hybridized carbons (Fsp3) is 0.200. The first-order chi connectivity index (χ1) is 9.74. The molecule has 21 heavy (non-hydrogen) atoms. The van der Waals surface area contributed by atoms with E-state index >= 15 is 0 Å². The van der Waals surface area contributed by atoms with Crippen molar-refractivity contribution in [1.29, 1.82) is 0 Å². The summed E-state index contributed by atoms with van der Waals surface area (Å²) >= 11 is 0. The van der Waals surface area contributed by atoms with E-state index in [1.807, 2.05) is 0 Å². The Morgan fingerprint density at radius 3 is 2.43 bits per heavy atom. The van der Waals surface area contributed by atoms with Crippen molar-refractivity contribution in [2.45, 2.75) is 19.4 Å². The summed E-state index contributed by atoms with van der Waals surface area (Å²) in [6.07, 6.45) is 0. The quantitative estimate of drug-likeness (QED) is 0.809. The van der Waals surface area contributed by atoms with Crippen molar-refractivity contribution in [2.75, 3.05) is 0 Å². The van der Waals surface area contributed by atoms with E-state index in [1.165, 1.54) is 44.2 Å². The minimum atomic E-state index is -1.49. The van der Waals surface area contributed by atoms with Crippen molar-refractivity contribution in [2.24, 2.45) is 0 Å². The fourth-order valence-electron chi connectivity index (χ4n) is 1.89. The molecule has 1 amide bonds. The first kappa shape index (κ1) is 14.8. The van der Waals surface area contributed by atoms with Gasteiger partial charge >= 0.3 is 5.97 Å². The summed E-state index contributed by atoms with van der Waals surface area (Å²) in [5.41, 5.74) is -1.59. The Morgan fingerprint density at radius 1 is 1.14 bits per heavy atom.